The van der Waals surface area contributed by atoms with E-state index in [-0.39, 0.29) is 19.0 Å². The van der Waals surface area contributed by atoms with Gasteiger partial charge >= 0.3 is 11.8 Å². The lowest BCUT2D eigenvalue weighted by Crippen LogP contribution is -2.29. The number of amides is 1. The summed E-state index contributed by atoms with van der Waals surface area (Å²) < 4.78 is 21.8. The Kier molecular flexibility index (Phi) is 5.46. The molecule has 1 saturated heterocycles. The van der Waals surface area contributed by atoms with Gasteiger partial charge in [0, 0.05) is 6.20 Å². The number of aliphatic hydroxyl groups is 1. The SMILES string of the molecule is COc1ccc(OC(=O)Nc2ccn([C@@H]3CO[C@H](CO)O3)c(=O)n2)cc1. The fraction of sp³-hybridized carbons (Fsp3) is 0.312. The third-order valence-corrected chi connectivity index (χ3v) is 3.52. The van der Waals surface area contributed by atoms with Crippen LogP contribution in [0.2, 0.25) is 0 Å². The van der Waals surface area contributed by atoms with E-state index in [9.17, 15) is 9.59 Å². The van der Waals surface area contributed by atoms with Crippen LogP contribution in [0.4, 0.5) is 10.6 Å². The van der Waals surface area contributed by atoms with Gasteiger partial charge in [0.25, 0.3) is 0 Å². The van der Waals surface area contributed by atoms with Crippen LogP contribution in [0.15, 0.2) is 41.3 Å². The van der Waals surface area contributed by atoms with Gasteiger partial charge < -0.3 is 24.1 Å². The van der Waals surface area contributed by atoms with E-state index in [1.54, 1.807) is 24.3 Å². The first-order valence-electron chi connectivity index (χ1n) is 7.69. The van der Waals surface area contributed by atoms with Crippen molar-refractivity contribution in [3.05, 3.63) is 47.0 Å². The number of aromatic nitrogens is 2. The van der Waals surface area contributed by atoms with Gasteiger partial charge in [0.05, 0.1) is 20.3 Å². The Morgan fingerprint density at radius 3 is 2.69 bits per heavy atom. The summed E-state index contributed by atoms with van der Waals surface area (Å²) in [7, 11) is 1.53. The average Bonchev–Trinajstić information content (AvgIpc) is 3.11. The molecule has 1 fully saturated rings. The van der Waals surface area contributed by atoms with Crippen LogP contribution in [0.1, 0.15) is 6.23 Å². The van der Waals surface area contributed by atoms with Crippen LogP contribution in [0.25, 0.3) is 0 Å². The van der Waals surface area contributed by atoms with E-state index in [4.69, 9.17) is 24.1 Å². The molecule has 1 aliphatic rings. The lowest BCUT2D eigenvalue weighted by atomic mass is 10.3. The van der Waals surface area contributed by atoms with Crippen molar-refractivity contribution in [2.24, 2.45) is 0 Å². The summed E-state index contributed by atoms with van der Waals surface area (Å²) in [6, 6.07) is 7.85. The number of hydrogen-bond donors (Lipinski definition) is 2. The number of ether oxygens (including phenoxy) is 4. The number of aliphatic hydroxyl groups excluding tert-OH is 1. The van der Waals surface area contributed by atoms with Crippen LogP contribution >= 0.6 is 0 Å². The molecule has 2 aromatic rings. The van der Waals surface area contributed by atoms with Crippen molar-refractivity contribution in [2.75, 3.05) is 25.6 Å². The maximum absolute atomic E-state index is 12.1. The minimum Gasteiger partial charge on any atom is -0.497 e. The van der Waals surface area contributed by atoms with E-state index in [1.165, 1.54) is 23.9 Å². The van der Waals surface area contributed by atoms with Crippen molar-refractivity contribution in [1.29, 1.82) is 0 Å². The smallest absolute Gasteiger partial charge is 0.418 e. The van der Waals surface area contributed by atoms with E-state index >= 15 is 0 Å². The highest BCUT2D eigenvalue weighted by Gasteiger charge is 2.27. The zero-order chi connectivity index (χ0) is 18.5. The molecule has 0 bridgehead atoms. The molecule has 2 heterocycles. The maximum atomic E-state index is 12.1. The van der Waals surface area contributed by atoms with Gasteiger partial charge in [0.1, 0.15) is 17.3 Å². The first-order valence-corrected chi connectivity index (χ1v) is 7.69. The average molecular weight is 363 g/mol. The molecule has 2 atom stereocenters. The highest BCUT2D eigenvalue weighted by atomic mass is 16.7. The Bertz CT molecular complexity index is 821. The third-order valence-electron chi connectivity index (χ3n) is 3.52. The number of anilines is 1. The quantitative estimate of drug-likeness (QED) is 0.797. The molecule has 1 amide bonds. The minimum atomic E-state index is -0.791. The van der Waals surface area contributed by atoms with Crippen LogP contribution in [0.5, 0.6) is 11.5 Å². The van der Waals surface area contributed by atoms with E-state index in [2.05, 4.69) is 10.3 Å². The molecule has 3 rings (SSSR count). The van der Waals surface area contributed by atoms with Crippen molar-refractivity contribution in [3.8, 4) is 11.5 Å². The zero-order valence-corrected chi connectivity index (χ0v) is 13.8. The second-order valence-electron chi connectivity index (χ2n) is 5.23. The second-order valence-corrected chi connectivity index (χ2v) is 5.23. The summed E-state index contributed by atoms with van der Waals surface area (Å²) in [5.41, 5.74) is -0.639. The monoisotopic (exact) mass is 363 g/mol. The van der Waals surface area contributed by atoms with Crippen LogP contribution in [0, 0.1) is 0 Å². The molecule has 1 aromatic carbocycles. The Morgan fingerprint density at radius 2 is 2.08 bits per heavy atom. The molecular formula is C16H17N3O7. The predicted molar refractivity (Wildman–Crippen MR) is 88.1 cm³/mol. The van der Waals surface area contributed by atoms with Gasteiger partial charge in [0.15, 0.2) is 12.5 Å². The van der Waals surface area contributed by atoms with Crippen molar-refractivity contribution < 1.29 is 28.8 Å². The fourth-order valence-corrected chi connectivity index (χ4v) is 2.27. The van der Waals surface area contributed by atoms with Crippen LogP contribution in [-0.4, -0.2) is 47.4 Å². The third kappa shape index (κ3) is 4.17. The molecular weight excluding hydrogens is 346 g/mol. The first-order chi connectivity index (χ1) is 12.6. The lowest BCUT2D eigenvalue weighted by molar-refractivity contribution is -0.0992. The van der Waals surface area contributed by atoms with Gasteiger partial charge in [-0.2, -0.15) is 4.98 Å². The molecule has 1 aliphatic heterocycles. The molecule has 0 unspecified atom stereocenters. The summed E-state index contributed by atoms with van der Waals surface area (Å²) in [5, 5.41) is 11.3. The Morgan fingerprint density at radius 1 is 1.35 bits per heavy atom. The predicted octanol–water partition coefficient (Wildman–Crippen LogP) is 0.727. The Balaban J connectivity index is 1.62. The first kappa shape index (κ1) is 17.9. The maximum Gasteiger partial charge on any atom is 0.418 e. The fourth-order valence-electron chi connectivity index (χ4n) is 2.27. The molecule has 0 spiro atoms. The van der Waals surface area contributed by atoms with E-state index in [0.717, 1.165) is 0 Å². The minimum absolute atomic E-state index is 0.0300. The molecule has 138 valence electrons. The molecule has 10 nitrogen and oxygen atoms in total. The molecule has 0 aliphatic carbocycles. The van der Waals surface area contributed by atoms with Crippen LogP contribution in [0.3, 0.4) is 0 Å². The summed E-state index contributed by atoms with van der Waals surface area (Å²) in [6.45, 7) is -0.200. The number of methoxy groups -OCH3 is 1. The van der Waals surface area contributed by atoms with E-state index < -0.39 is 24.3 Å². The summed E-state index contributed by atoms with van der Waals surface area (Å²) >= 11 is 0. The summed E-state index contributed by atoms with van der Waals surface area (Å²) in [4.78, 5) is 27.7. The number of benzene rings is 1. The van der Waals surface area contributed by atoms with E-state index in [0.29, 0.717) is 11.5 Å². The Hall–Kier alpha value is -2.95. The number of nitrogens with one attached hydrogen (secondary N) is 1. The summed E-state index contributed by atoms with van der Waals surface area (Å²) in [6.07, 6.45) is -0.844. The standard InChI is InChI=1S/C16H17N3O7/c1-23-10-2-4-11(5-3-10)25-16(22)18-12-6-7-19(15(21)17-12)13-9-24-14(8-20)26-13/h2-7,13-14,20H,8-9H2,1H3,(H,17,18,21,22)/t13-,14-/m0/s1. The number of carbonyl (C=O) groups excluding carboxylic acids is 1. The number of nitrogens with zero attached hydrogens (tertiary/aromatic N) is 2. The summed E-state index contributed by atoms with van der Waals surface area (Å²) in [5.74, 6) is 0.968. The van der Waals surface area contributed by atoms with E-state index in [1.807, 2.05) is 0 Å². The zero-order valence-electron chi connectivity index (χ0n) is 13.8. The normalized spacial score (nSPS) is 19.2. The number of carbonyl (C=O) groups is 1. The van der Waals surface area contributed by atoms with Gasteiger partial charge in [0.2, 0.25) is 0 Å². The highest BCUT2D eigenvalue weighted by molar-refractivity contribution is 5.84. The van der Waals surface area contributed by atoms with Gasteiger partial charge in [-0.15, -0.1) is 0 Å². The largest absolute Gasteiger partial charge is 0.497 e. The molecule has 2 N–H and O–H groups in total. The Labute approximate surface area is 147 Å². The van der Waals surface area contributed by atoms with Gasteiger partial charge in [-0.25, -0.2) is 9.59 Å². The number of hydrogen-bond acceptors (Lipinski definition) is 8. The molecule has 0 radical (unpaired) electrons. The molecule has 1 aromatic heterocycles. The van der Waals surface area contributed by atoms with Crippen molar-refractivity contribution in [2.45, 2.75) is 12.5 Å². The van der Waals surface area contributed by atoms with Gasteiger partial charge in [-0.3, -0.25) is 9.88 Å². The van der Waals surface area contributed by atoms with Gasteiger partial charge in [-0.1, -0.05) is 0 Å². The number of rotatable bonds is 5. The van der Waals surface area contributed by atoms with Gasteiger partial charge in [-0.05, 0) is 30.3 Å². The van der Waals surface area contributed by atoms with Crippen molar-refractivity contribution >= 4 is 11.9 Å². The van der Waals surface area contributed by atoms with Crippen LogP contribution < -0.4 is 20.5 Å². The topological polar surface area (TPSA) is 121 Å². The second kappa shape index (κ2) is 7.95. The van der Waals surface area contributed by atoms with Crippen molar-refractivity contribution in [3.63, 3.8) is 0 Å². The molecule has 26 heavy (non-hydrogen) atoms. The molecule has 0 saturated carbocycles. The lowest BCUT2D eigenvalue weighted by Gasteiger charge is -2.12. The van der Waals surface area contributed by atoms with Crippen molar-refractivity contribution in [1.82, 2.24) is 9.55 Å². The highest BCUT2D eigenvalue weighted by Crippen LogP contribution is 2.19. The molecule has 10 heteroatoms. The van der Waals surface area contributed by atoms with Crippen LogP contribution in [-0.2, 0) is 9.47 Å².